The summed E-state index contributed by atoms with van der Waals surface area (Å²) in [4.78, 5) is 0. The molecule has 102 valence electrons. The maximum Gasteiger partial charge on any atom is 0.135 e. The highest BCUT2D eigenvalue weighted by Crippen LogP contribution is 2.29. The van der Waals surface area contributed by atoms with Gasteiger partial charge < -0.3 is 5.73 Å². The maximum absolute atomic E-state index is 6.23. The molecule has 1 aromatic heterocycles. The van der Waals surface area contributed by atoms with Crippen molar-refractivity contribution in [3.05, 3.63) is 54.1 Å². The molecule has 3 nitrogen and oxygen atoms in total. The number of nitrogens with two attached hydrogens (primary N) is 1. The smallest absolute Gasteiger partial charge is 0.135 e. The molecule has 0 atom stereocenters. The van der Waals surface area contributed by atoms with Crippen molar-refractivity contribution in [3.8, 4) is 5.69 Å². The Morgan fingerprint density at radius 3 is 2.35 bits per heavy atom. The van der Waals surface area contributed by atoms with Crippen molar-refractivity contribution in [2.75, 3.05) is 5.73 Å². The van der Waals surface area contributed by atoms with Crippen LogP contribution in [0.1, 0.15) is 26.3 Å². The van der Waals surface area contributed by atoms with Crippen LogP contribution in [0.25, 0.3) is 16.6 Å². The molecule has 2 N–H and O–H groups in total. The number of para-hydroxylation sites is 1. The summed E-state index contributed by atoms with van der Waals surface area (Å²) in [6, 6.07) is 16.3. The van der Waals surface area contributed by atoms with Gasteiger partial charge in [-0.3, -0.25) is 0 Å². The van der Waals surface area contributed by atoms with Crippen LogP contribution in [0.2, 0.25) is 0 Å². The van der Waals surface area contributed by atoms with Crippen LogP contribution in [0.5, 0.6) is 0 Å². The predicted octanol–water partition coefficient (Wildman–Crippen LogP) is 3.91. The third-order valence-corrected chi connectivity index (χ3v) is 3.58. The van der Waals surface area contributed by atoms with E-state index >= 15 is 0 Å². The zero-order valence-electron chi connectivity index (χ0n) is 12.1. The van der Waals surface area contributed by atoms with Crippen LogP contribution in [-0.4, -0.2) is 9.78 Å². The average Bonchev–Trinajstić information content (AvgIpc) is 2.76. The van der Waals surface area contributed by atoms with E-state index in [1.165, 1.54) is 5.56 Å². The third kappa shape index (κ3) is 2.05. The Morgan fingerprint density at radius 2 is 1.70 bits per heavy atom. The summed E-state index contributed by atoms with van der Waals surface area (Å²) >= 11 is 0. The molecule has 3 aromatic rings. The van der Waals surface area contributed by atoms with E-state index in [4.69, 9.17) is 5.73 Å². The van der Waals surface area contributed by atoms with Crippen molar-refractivity contribution < 1.29 is 0 Å². The van der Waals surface area contributed by atoms with E-state index in [1.54, 1.807) is 4.68 Å². The monoisotopic (exact) mass is 265 g/mol. The number of anilines is 1. The number of nitrogen functional groups attached to an aromatic ring is 1. The van der Waals surface area contributed by atoms with E-state index in [-0.39, 0.29) is 5.41 Å². The highest BCUT2D eigenvalue weighted by Gasteiger charge is 2.16. The maximum atomic E-state index is 6.23. The summed E-state index contributed by atoms with van der Waals surface area (Å²) in [5.41, 5.74) is 9.54. The van der Waals surface area contributed by atoms with E-state index in [1.807, 2.05) is 30.3 Å². The Kier molecular flexibility index (Phi) is 2.78. The second kappa shape index (κ2) is 4.37. The topological polar surface area (TPSA) is 43.8 Å². The molecule has 0 saturated carbocycles. The summed E-state index contributed by atoms with van der Waals surface area (Å²) in [7, 11) is 0. The van der Waals surface area contributed by atoms with Gasteiger partial charge in [0.25, 0.3) is 0 Å². The van der Waals surface area contributed by atoms with E-state index in [0.29, 0.717) is 5.82 Å². The van der Waals surface area contributed by atoms with Crippen molar-refractivity contribution in [1.82, 2.24) is 9.78 Å². The number of nitrogens with zero attached hydrogens (tertiary/aromatic N) is 2. The highest BCUT2D eigenvalue weighted by molar-refractivity contribution is 5.90. The fraction of sp³-hybridized carbons (Fsp3) is 0.235. The molecule has 0 spiro atoms. The molecule has 1 heterocycles. The minimum atomic E-state index is 0.111. The van der Waals surface area contributed by atoms with Crippen LogP contribution in [0.4, 0.5) is 5.82 Å². The number of aromatic nitrogens is 2. The summed E-state index contributed by atoms with van der Waals surface area (Å²) in [5.74, 6) is 0.687. The Hall–Kier alpha value is -2.29. The molecule has 3 rings (SSSR count). The minimum absolute atomic E-state index is 0.111. The van der Waals surface area contributed by atoms with E-state index in [9.17, 15) is 0 Å². The molecule has 0 radical (unpaired) electrons. The summed E-state index contributed by atoms with van der Waals surface area (Å²) < 4.78 is 1.80. The Balaban J connectivity index is 2.20. The van der Waals surface area contributed by atoms with Gasteiger partial charge in [-0.15, -0.1) is 0 Å². The van der Waals surface area contributed by atoms with Gasteiger partial charge in [-0.2, -0.15) is 5.10 Å². The van der Waals surface area contributed by atoms with Gasteiger partial charge in [-0.25, -0.2) is 4.68 Å². The van der Waals surface area contributed by atoms with Crippen molar-refractivity contribution in [2.24, 2.45) is 0 Å². The van der Waals surface area contributed by atoms with Gasteiger partial charge >= 0.3 is 0 Å². The molecule has 0 bridgehead atoms. The Labute approximate surface area is 119 Å². The van der Waals surface area contributed by atoms with Crippen molar-refractivity contribution in [2.45, 2.75) is 26.2 Å². The first-order valence-corrected chi connectivity index (χ1v) is 6.81. The number of fused-ring (bicyclic) bond motifs is 1. The fourth-order valence-electron chi connectivity index (χ4n) is 2.34. The van der Waals surface area contributed by atoms with Crippen molar-refractivity contribution in [1.29, 1.82) is 0 Å². The first-order valence-electron chi connectivity index (χ1n) is 6.81. The van der Waals surface area contributed by atoms with Crippen molar-refractivity contribution in [3.63, 3.8) is 0 Å². The lowest BCUT2D eigenvalue weighted by Gasteiger charge is -2.18. The van der Waals surface area contributed by atoms with Gasteiger partial charge in [0.15, 0.2) is 0 Å². The van der Waals surface area contributed by atoms with Gasteiger partial charge in [0.1, 0.15) is 5.82 Å². The molecule has 0 fully saturated rings. The van der Waals surface area contributed by atoms with Gasteiger partial charge in [-0.1, -0.05) is 45.0 Å². The Bertz CT molecular complexity index is 749. The van der Waals surface area contributed by atoms with Gasteiger partial charge in [0.05, 0.1) is 11.2 Å². The third-order valence-electron chi connectivity index (χ3n) is 3.58. The lowest BCUT2D eigenvalue weighted by atomic mass is 9.87. The van der Waals surface area contributed by atoms with Crippen LogP contribution in [0.3, 0.4) is 0 Å². The van der Waals surface area contributed by atoms with Crippen LogP contribution in [0, 0.1) is 0 Å². The molecule has 0 aliphatic carbocycles. The zero-order chi connectivity index (χ0) is 14.3. The number of hydrogen-bond donors (Lipinski definition) is 1. The largest absolute Gasteiger partial charge is 0.383 e. The average molecular weight is 265 g/mol. The first-order chi connectivity index (χ1) is 9.47. The van der Waals surface area contributed by atoms with Crippen LogP contribution in [0.15, 0.2) is 48.5 Å². The Morgan fingerprint density at radius 1 is 1.00 bits per heavy atom. The SMILES string of the molecule is CC(C)(C)c1ccc2c(N)n(-c3ccccc3)nc2c1. The highest BCUT2D eigenvalue weighted by atomic mass is 15.3. The first kappa shape index (κ1) is 12.7. The summed E-state index contributed by atoms with van der Waals surface area (Å²) in [6.07, 6.45) is 0. The summed E-state index contributed by atoms with van der Waals surface area (Å²) in [5, 5.41) is 5.65. The molecule has 0 amide bonds. The molecular weight excluding hydrogens is 246 g/mol. The number of benzene rings is 2. The fourth-order valence-corrected chi connectivity index (χ4v) is 2.34. The molecule has 0 unspecified atom stereocenters. The van der Waals surface area contributed by atoms with Crippen LogP contribution in [-0.2, 0) is 5.41 Å². The standard InChI is InChI=1S/C17H19N3/c1-17(2,3)12-9-10-14-15(11-12)19-20(16(14)18)13-7-5-4-6-8-13/h4-11H,18H2,1-3H3. The number of hydrogen-bond acceptors (Lipinski definition) is 2. The van der Waals surface area contributed by atoms with Crippen LogP contribution >= 0.6 is 0 Å². The van der Waals surface area contributed by atoms with E-state index in [2.05, 4.69) is 44.1 Å². The predicted molar refractivity (Wildman–Crippen MR) is 84.2 cm³/mol. The normalized spacial score (nSPS) is 11.9. The lowest BCUT2D eigenvalue weighted by Crippen LogP contribution is -2.10. The molecule has 0 aliphatic rings. The second-order valence-corrected chi connectivity index (χ2v) is 6.11. The van der Waals surface area contributed by atoms with Gasteiger partial charge in [0, 0.05) is 5.39 Å². The molecule has 20 heavy (non-hydrogen) atoms. The molecule has 0 saturated heterocycles. The van der Waals surface area contributed by atoms with Gasteiger partial charge in [-0.05, 0) is 35.2 Å². The van der Waals surface area contributed by atoms with E-state index < -0.39 is 0 Å². The van der Waals surface area contributed by atoms with Crippen molar-refractivity contribution >= 4 is 16.7 Å². The molecular formula is C17H19N3. The molecule has 3 heteroatoms. The van der Waals surface area contributed by atoms with E-state index in [0.717, 1.165) is 16.6 Å². The second-order valence-electron chi connectivity index (χ2n) is 6.11. The zero-order valence-corrected chi connectivity index (χ0v) is 12.1. The van der Waals surface area contributed by atoms with Gasteiger partial charge in [0.2, 0.25) is 0 Å². The number of rotatable bonds is 1. The minimum Gasteiger partial charge on any atom is -0.383 e. The quantitative estimate of drug-likeness (QED) is 0.725. The lowest BCUT2D eigenvalue weighted by molar-refractivity contribution is 0.591. The molecule has 2 aromatic carbocycles. The van der Waals surface area contributed by atoms with Crippen LogP contribution < -0.4 is 5.73 Å². The summed E-state index contributed by atoms with van der Waals surface area (Å²) in [6.45, 7) is 6.60. The molecule has 0 aliphatic heterocycles.